The molecule has 1 aliphatic carbocycles. The third-order valence-corrected chi connectivity index (χ3v) is 5.20. The lowest BCUT2D eigenvalue weighted by atomic mass is 10.1. The van der Waals surface area contributed by atoms with Crippen LogP contribution in [0.3, 0.4) is 0 Å². The minimum atomic E-state index is 0.352. The van der Waals surface area contributed by atoms with Crippen LogP contribution < -0.4 is 5.32 Å². The Morgan fingerprint density at radius 3 is 2.89 bits per heavy atom. The van der Waals surface area contributed by atoms with Crippen LogP contribution in [0.15, 0.2) is 40.9 Å². The van der Waals surface area contributed by atoms with Gasteiger partial charge in [0.2, 0.25) is 0 Å². The van der Waals surface area contributed by atoms with Gasteiger partial charge in [-0.05, 0) is 70.8 Å². The molecule has 0 amide bonds. The van der Waals surface area contributed by atoms with Crippen molar-refractivity contribution in [2.24, 2.45) is 0 Å². The van der Waals surface area contributed by atoms with Crippen LogP contribution in [0.2, 0.25) is 5.02 Å². The molecule has 0 radical (unpaired) electrons. The summed E-state index contributed by atoms with van der Waals surface area (Å²) in [6.07, 6.45) is 2.22. The summed E-state index contributed by atoms with van der Waals surface area (Å²) >= 11 is 12.2. The molecule has 4 heteroatoms. The standard InChI is InChI=1S/C15H12BrClIN/c16-12-3-1-2-11-10(12)5-7-14(11)19-15-6-4-9(18)8-13(15)17/h1-4,6,8,14,19H,5,7H2. The second-order valence-corrected chi connectivity index (χ2v) is 7.17. The average Bonchev–Trinajstić information content (AvgIpc) is 2.78. The van der Waals surface area contributed by atoms with Crippen LogP contribution in [0.5, 0.6) is 0 Å². The zero-order valence-corrected chi connectivity index (χ0v) is 14.6. The average molecular weight is 449 g/mol. The fourth-order valence-corrected chi connectivity index (χ4v) is 4.04. The molecule has 98 valence electrons. The molecule has 0 saturated carbocycles. The molecule has 1 nitrogen and oxygen atoms in total. The molecular formula is C15H12BrClIN. The summed E-state index contributed by atoms with van der Waals surface area (Å²) < 4.78 is 2.37. The van der Waals surface area contributed by atoms with Crippen molar-refractivity contribution in [2.45, 2.75) is 18.9 Å². The van der Waals surface area contributed by atoms with Crippen LogP contribution >= 0.6 is 50.1 Å². The van der Waals surface area contributed by atoms with Gasteiger partial charge in [0.25, 0.3) is 0 Å². The van der Waals surface area contributed by atoms with Crippen LogP contribution in [0.25, 0.3) is 0 Å². The van der Waals surface area contributed by atoms with Gasteiger partial charge in [-0.2, -0.15) is 0 Å². The van der Waals surface area contributed by atoms with Crippen LogP contribution in [-0.4, -0.2) is 0 Å². The number of nitrogens with one attached hydrogen (secondary N) is 1. The Balaban J connectivity index is 1.89. The molecular weight excluding hydrogens is 436 g/mol. The number of benzene rings is 2. The zero-order chi connectivity index (χ0) is 13.4. The Bertz CT molecular complexity index is 630. The molecule has 0 aliphatic heterocycles. The van der Waals surface area contributed by atoms with E-state index in [1.54, 1.807) is 0 Å². The molecule has 0 saturated heterocycles. The topological polar surface area (TPSA) is 12.0 Å². The molecule has 2 aromatic carbocycles. The molecule has 0 heterocycles. The molecule has 3 rings (SSSR count). The Kier molecular flexibility index (Phi) is 4.06. The van der Waals surface area contributed by atoms with Crippen molar-refractivity contribution in [2.75, 3.05) is 5.32 Å². The van der Waals surface area contributed by atoms with Gasteiger partial charge >= 0.3 is 0 Å². The second-order valence-electron chi connectivity index (χ2n) is 4.67. The molecule has 1 unspecified atom stereocenters. The summed E-state index contributed by atoms with van der Waals surface area (Å²) in [6.45, 7) is 0. The highest BCUT2D eigenvalue weighted by molar-refractivity contribution is 14.1. The molecule has 1 N–H and O–H groups in total. The Hall–Kier alpha value is -0.260. The molecule has 0 aromatic heterocycles. The van der Waals surface area contributed by atoms with E-state index in [0.717, 1.165) is 27.1 Å². The third kappa shape index (κ3) is 2.78. The zero-order valence-electron chi connectivity index (χ0n) is 10.1. The van der Waals surface area contributed by atoms with Crippen LogP contribution in [-0.2, 0) is 6.42 Å². The normalized spacial score (nSPS) is 17.3. The minimum Gasteiger partial charge on any atom is -0.377 e. The van der Waals surface area contributed by atoms with E-state index in [9.17, 15) is 0 Å². The molecule has 0 bridgehead atoms. The maximum Gasteiger partial charge on any atom is 0.0648 e. The maximum atomic E-state index is 6.29. The van der Waals surface area contributed by atoms with Crippen molar-refractivity contribution in [3.63, 3.8) is 0 Å². The van der Waals surface area contributed by atoms with Gasteiger partial charge in [-0.15, -0.1) is 0 Å². The molecule has 1 aliphatic rings. The first-order chi connectivity index (χ1) is 9.15. The predicted molar refractivity (Wildman–Crippen MR) is 93.0 cm³/mol. The van der Waals surface area contributed by atoms with Gasteiger partial charge in [-0.25, -0.2) is 0 Å². The highest BCUT2D eigenvalue weighted by atomic mass is 127. The predicted octanol–water partition coefficient (Wildman–Crippen LogP) is 5.81. The fourth-order valence-electron chi connectivity index (χ4n) is 2.55. The van der Waals surface area contributed by atoms with Gasteiger partial charge in [0, 0.05) is 8.04 Å². The van der Waals surface area contributed by atoms with Crippen molar-refractivity contribution in [1.82, 2.24) is 0 Å². The van der Waals surface area contributed by atoms with Gasteiger partial charge in [0.15, 0.2) is 0 Å². The van der Waals surface area contributed by atoms with Gasteiger partial charge < -0.3 is 5.32 Å². The van der Waals surface area contributed by atoms with Gasteiger partial charge in [0.05, 0.1) is 16.8 Å². The summed E-state index contributed by atoms with van der Waals surface area (Å²) in [6, 6.07) is 12.9. The van der Waals surface area contributed by atoms with Gasteiger partial charge in [-0.3, -0.25) is 0 Å². The number of halogens is 3. The monoisotopic (exact) mass is 447 g/mol. The number of fused-ring (bicyclic) bond motifs is 1. The number of hydrogen-bond acceptors (Lipinski definition) is 1. The first-order valence-electron chi connectivity index (χ1n) is 6.14. The number of rotatable bonds is 2. The van der Waals surface area contributed by atoms with Crippen molar-refractivity contribution < 1.29 is 0 Å². The quantitative estimate of drug-likeness (QED) is 0.572. The van der Waals surface area contributed by atoms with Crippen LogP contribution in [0.1, 0.15) is 23.6 Å². The first kappa shape index (κ1) is 13.7. The minimum absolute atomic E-state index is 0.352. The number of anilines is 1. The van der Waals surface area contributed by atoms with E-state index in [4.69, 9.17) is 11.6 Å². The second kappa shape index (κ2) is 5.62. The highest BCUT2D eigenvalue weighted by Gasteiger charge is 2.24. The van der Waals surface area contributed by atoms with Crippen molar-refractivity contribution in [3.8, 4) is 0 Å². The van der Waals surface area contributed by atoms with Crippen molar-refractivity contribution in [1.29, 1.82) is 0 Å². The third-order valence-electron chi connectivity index (χ3n) is 3.47. The van der Waals surface area contributed by atoms with E-state index >= 15 is 0 Å². The van der Waals surface area contributed by atoms with Crippen LogP contribution in [0, 0.1) is 3.57 Å². The largest absolute Gasteiger partial charge is 0.377 e. The van der Waals surface area contributed by atoms with E-state index in [0.29, 0.717) is 6.04 Å². The van der Waals surface area contributed by atoms with E-state index in [1.165, 1.54) is 15.6 Å². The fraction of sp³-hybridized carbons (Fsp3) is 0.200. The lowest BCUT2D eigenvalue weighted by Crippen LogP contribution is -2.07. The Morgan fingerprint density at radius 1 is 1.26 bits per heavy atom. The molecule has 0 fully saturated rings. The van der Waals surface area contributed by atoms with Crippen molar-refractivity contribution >= 4 is 55.8 Å². The summed E-state index contributed by atoms with van der Waals surface area (Å²) in [5.41, 5.74) is 3.81. The first-order valence-corrected chi connectivity index (χ1v) is 8.39. The lowest BCUT2D eigenvalue weighted by Gasteiger charge is -2.17. The molecule has 1 atom stereocenters. The van der Waals surface area contributed by atoms with E-state index < -0.39 is 0 Å². The van der Waals surface area contributed by atoms with E-state index in [-0.39, 0.29) is 0 Å². The van der Waals surface area contributed by atoms with Crippen molar-refractivity contribution in [3.05, 3.63) is 60.6 Å². The van der Waals surface area contributed by atoms with E-state index in [2.05, 4.69) is 74.2 Å². The molecule has 2 aromatic rings. The summed E-state index contributed by atoms with van der Waals surface area (Å²) in [5.74, 6) is 0. The van der Waals surface area contributed by atoms with Gasteiger partial charge in [0.1, 0.15) is 0 Å². The van der Waals surface area contributed by atoms with E-state index in [1.807, 2.05) is 6.07 Å². The smallest absolute Gasteiger partial charge is 0.0648 e. The summed E-state index contributed by atoms with van der Waals surface area (Å²) in [4.78, 5) is 0. The SMILES string of the molecule is Clc1cc(I)ccc1NC1CCc2c(Br)cccc21. The van der Waals surface area contributed by atoms with Gasteiger partial charge in [-0.1, -0.05) is 39.7 Å². The number of hydrogen-bond donors (Lipinski definition) is 1. The molecule has 0 spiro atoms. The maximum absolute atomic E-state index is 6.29. The highest BCUT2D eigenvalue weighted by Crippen LogP contribution is 2.38. The Morgan fingerprint density at radius 2 is 2.11 bits per heavy atom. The summed E-state index contributed by atoms with van der Waals surface area (Å²) in [7, 11) is 0. The lowest BCUT2D eigenvalue weighted by molar-refractivity contribution is 0.762. The Labute approximate surface area is 140 Å². The summed E-state index contributed by atoms with van der Waals surface area (Å²) in [5, 5.41) is 4.35. The van der Waals surface area contributed by atoms with Crippen LogP contribution in [0.4, 0.5) is 5.69 Å². The molecule has 19 heavy (non-hydrogen) atoms.